The van der Waals surface area contributed by atoms with Gasteiger partial charge in [0.05, 0.1) is 13.2 Å². The molecule has 0 aromatic heterocycles. The number of rotatable bonds is 6. The highest BCUT2D eigenvalue weighted by atomic mass is 16.5. The fourth-order valence-electron chi connectivity index (χ4n) is 2.95. The molecular formula is C14H28N2O4. The van der Waals surface area contributed by atoms with Gasteiger partial charge >= 0.3 is 0 Å². The number of carbonyl (C=O) groups is 1. The third-order valence-electron chi connectivity index (χ3n) is 3.67. The number of hydrogen-bond donors (Lipinski definition) is 2. The molecule has 0 atom stereocenters. The molecular weight excluding hydrogens is 260 g/mol. The lowest BCUT2D eigenvalue weighted by molar-refractivity contribution is -0.246. The van der Waals surface area contributed by atoms with Crippen molar-refractivity contribution in [3.63, 3.8) is 0 Å². The van der Waals surface area contributed by atoms with Crippen LogP contribution in [-0.2, 0) is 14.3 Å². The molecule has 2 N–H and O–H groups in total. The van der Waals surface area contributed by atoms with E-state index in [0.717, 1.165) is 0 Å². The number of nitrogens with one attached hydrogen (secondary N) is 1. The van der Waals surface area contributed by atoms with Crippen LogP contribution in [-0.4, -0.2) is 60.2 Å². The van der Waals surface area contributed by atoms with Gasteiger partial charge < -0.3 is 20.0 Å². The fourth-order valence-corrected chi connectivity index (χ4v) is 2.95. The van der Waals surface area contributed by atoms with Crippen LogP contribution in [0.4, 0.5) is 0 Å². The largest absolute Gasteiger partial charge is 0.382 e. The molecule has 1 rings (SSSR count). The minimum absolute atomic E-state index is 0.0434. The zero-order chi connectivity index (χ0) is 15.4. The summed E-state index contributed by atoms with van der Waals surface area (Å²) in [4.78, 5) is 11.8. The number of piperidine rings is 1. The average molecular weight is 288 g/mol. The van der Waals surface area contributed by atoms with Crippen LogP contribution in [0.2, 0.25) is 0 Å². The van der Waals surface area contributed by atoms with Crippen molar-refractivity contribution < 1.29 is 19.5 Å². The fraction of sp³-hybridized carbons (Fsp3) is 0.929. The van der Waals surface area contributed by atoms with Crippen LogP contribution < -0.4 is 5.32 Å². The number of methoxy groups -OCH3 is 1. The molecule has 118 valence electrons. The lowest BCUT2D eigenvalue weighted by atomic mass is 9.79. The summed E-state index contributed by atoms with van der Waals surface area (Å²) in [5.74, 6) is -0.121. The molecule has 20 heavy (non-hydrogen) atoms. The van der Waals surface area contributed by atoms with Gasteiger partial charge in [-0.1, -0.05) is 0 Å². The molecule has 0 aromatic rings. The molecule has 6 nitrogen and oxygen atoms in total. The molecule has 1 aliphatic rings. The number of hydroxylamine groups is 2. The van der Waals surface area contributed by atoms with Gasteiger partial charge in [-0.3, -0.25) is 4.79 Å². The SMILES string of the molecule is COCCOCC(=O)NC1CC(C)(C)N(O)C(C)(C)C1. The van der Waals surface area contributed by atoms with Crippen LogP contribution >= 0.6 is 0 Å². The average Bonchev–Trinajstić information content (AvgIpc) is 2.31. The van der Waals surface area contributed by atoms with Gasteiger partial charge in [0.1, 0.15) is 6.61 Å². The standard InChI is InChI=1S/C14H28N2O4/c1-13(2)8-11(9-14(3,4)16(13)18)15-12(17)10-20-7-6-19-5/h11,18H,6-10H2,1-5H3,(H,15,17). The van der Waals surface area contributed by atoms with Crippen LogP contribution in [0.25, 0.3) is 0 Å². The van der Waals surface area contributed by atoms with E-state index in [1.807, 2.05) is 27.7 Å². The second-order valence-electron chi connectivity index (χ2n) is 6.65. The summed E-state index contributed by atoms with van der Waals surface area (Å²) < 4.78 is 10.1. The third-order valence-corrected chi connectivity index (χ3v) is 3.67. The summed E-state index contributed by atoms with van der Waals surface area (Å²) in [5, 5.41) is 14.6. The summed E-state index contributed by atoms with van der Waals surface area (Å²) in [6, 6.07) is 0.0434. The van der Waals surface area contributed by atoms with Gasteiger partial charge in [0, 0.05) is 24.2 Å². The second kappa shape index (κ2) is 6.85. The Morgan fingerprint density at radius 2 is 1.80 bits per heavy atom. The molecule has 1 saturated heterocycles. The van der Waals surface area contributed by atoms with Crippen molar-refractivity contribution >= 4 is 5.91 Å². The monoisotopic (exact) mass is 288 g/mol. The van der Waals surface area contributed by atoms with Crippen molar-refractivity contribution in [1.82, 2.24) is 10.4 Å². The lowest BCUT2D eigenvalue weighted by Crippen LogP contribution is -2.63. The predicted molar refractivity (Wildman–Crippen MR) is 75.6 cm³/mol. The summed E-state index contributed by atoms with van der Waals surface area (Å²) in [7, 11) is 1.59. The van der Waals surface area contributed by atoms with Gasteiger partial charge in [-0.05, 0) is 40.5 Å². The lowest BCUT2D eigenvalue weighted by Gasteiger charge is -2.51. The molecule has 1 heterocycles. The zero-order valence-electron chi connectivity index (χ0n) is 13.2. The van der Waals surface area contributed by atoms with Crippen LogP contribution in [0.3, 0.4) is 0 Å². The molecule has 0 aliphatic carbocycles. The minimum atomic E-state index is -0.364. The zero-order valence-corrected chi connectivity index (χ0v) is 13.2. The topological polar surface area (TPSA) is 71.0 Å². The van der Waals surface area contributed by atoms with Crippen molar-refractivity contribution in [2.45, 2.75) is 57.7 Å². The first-order chi connectivity index (χ1) is 9.19. The van der Waals surface area contributed by atoms with Gasteiger partial charge in [-0.25, -0.2) is 0 Å². The summed E-state index contributed by atoms with van der Waals surface area (Å²) in [5.41, 5.74) is -0.729. The summed E-state index contributed by atoms with van der Waals surface area (Å²) in [6.07, 6.45) is 1.41. The van der Waals surface area contributed by atoms with E-state index in [-0.39, 0.29) is 29.6 Å². The second-order valence-corrected chi connectivity index (χ2v) is 6.65. The molecule has 1 fully saturated rings. The van der Waals surface area contributed by atoms with Crippen molar-refractivity contribution in [2.24, 2.45) is 0 Å². The van der Waals surface area contributed by atoms with Gasteiger partial charge in [0.25, 0.3) is 0 Å². The van der Waals surface area contributed by atoms with E-state index >= 15 is 0 Å². The van der Waals surface area contributed by atoms with E-state index < -0.39 is 0 Å². The Labute approximate surface area is 121 Å². The number of carbonyl (C=O) groups excluding carboxylic acids is 1. The van der Waals surface area contributed by atoms with E-state index in [9.17, 15) is 10.0 Å². The highest BCUT2D eigenvalue weighted by molar-refractivity contribution is 5.77. The molecule has 0 bridgehead atoms. The van der Waals surface area contributed by atoms with Gasteiger partial charge in [-0.15, -0.1) is 0 Å². The quantitative estimate of drug-likeness (QED) is 0.718. The highest BCUT2D eigenvalue weighted by Crippen LogP contribution is 2.36. The maximum Gasteiger partial charge on any atom is 0.246 e. The van der Waals surface area contributed by atoms with Crippen LogP contribution in [0, 0.1) is 0 Å². The number of amides is 1. The van der Waals surface area contributed by atoms with Gasteiger partial charge in [0.15, 0.2) is 0 Å². The number of ether oxygens (including phenoxy) is 2. The predicted octanol–water partition coefficient (Wildman–Crippen LogP) is 1.18. The van der Waals surface area contributed by atoms with E-state index in [1.165, 1.54) is 5.06 Å². The number of hydrogen-bond acceptors (Lipinski definition) is 5. The molecule has 0 aromatic carbocycles. The smallest absolute Gasteiger partial charge is 0.246 e. The maximum atomic E-state index is 11.8. The Morgan fingerprint density at radius 3 is 2.30 bits per heavy atom. The summed E-state index contributed by atoms with van der Waals surface area (Å²) in [6.45, 7) is 8.84. The van der Waals surface area contributed by atoms with Crippen LogP contribution in [0.5, 0.6) is 0 Å². The Morgan fingerprint density at radius 1 is 1.25 bits per heavy atom. The van der Waals surface area contributed by atoms with E-state index in [4.69, 9.17) is 9.47 Å². The Kier molecular flexibility index (Phi) is 5.94. The van der Waals surface area contributed by atoms with E-state index in [1.54, 1.807) is 7.11 Å². The van der Waals surface area contributed by atoms with Crippen molar-refractivity contribution in [1.29, 1.82) is 0 Å². The normalized spacial score (nSPS) is 22.7. The van der Waals surface area contributed by atoms with Gasteiger partial charge in [0.2, 0.25) is 5.91 Å². The van der Waals surface area contributed by atoms with E-state index in [0.29, 0.717) is 26.1 Å². The van der Waals surface area contributed by atoms with Gasteiger partial charge in [-0.2, -0.15) is 5.06 Å². The van der Waals surface area contributed by atoms with Crippen molar-refractivity contribution in [2.75, 3.05) is 26.9 Å². The minimum Gasteiger partial charge on any atom is -0.382 e. The van der Waals surface area contributed by atoms with Crippen LogP contribution in [0.15, 0.2) is 0 Å². The molecule has 0 spiro atoms. The Bertz CT molecular complexity index is 313. The Balaban J connectivity index is 2.46. The molecule has 6 heteroatoms. The van der Waals surface area contributed by atoms with Crippen LogP contribution in [0.1, 0.15) is 40.5 Å². The molecule has 1 aliphatic heterocycles. The Hall–Kier alpha value is -0.690. The molecule has 0 saturated carbocycles. The molecule has 0 radical (unpaired) electrons. The molecule has 0 unspecified atom stereocenters. The number of nitrogens with zero attached hydrogens (tertiary/aromatic N) is 1. The van der Waals surface area contributed by atoms with E-state index in [2.05, 4.69) is 5.32 Å². The molecule has 1 amide bonds. The first kappa shape index (κ1) is 17.4. The first-order valence-corrected chi connectivity index (χ1v) is 7.04. The third kappa shape index (κ3) is 4.70. The summed E-state index contributed by atoms with van der Waals surface area (Å²) >= 11 is 0. The van der Waals surface area contributed by atoms with Crippen molar-refractivity contribution in [3.8, 4) is 0 Å². The first-order valence-electron chi connectivity index (χ1n) is 7.04. The highest BCUT2D eigenvalue weighted by Gasteiger charge is 2.45. The maximum absolute atomic E-state index is 11.8. The van der Waals surface area contributed by atoms with Crippen molar-refractivity contribution in [3.05, 3.63) is 0 Å².